The zero-order chi connectivity index (χ0) is 26.1. The van der Waals surface area contributed by atoms with Gasteiger partial charge in [0, 0.05) is 42.4 Å². The number of carbonyl (C=O) groups is 2. The molecule has 5 atom stereocenters. The van der Waals surface area contributed by atoms with Gasteiger partial charge in [-0.05, 0) is 43.7 Å². The predicted octanol–water partition coefficient (Wildman–Crippen LogP) is 2.96. The van der Waals surface area contributed by atoms with E-state index in [2.05, 4.69) is 10.3 Å². The number of aliphatic hydroxyl groups excluding tert-OH is 1. The minimum Gasteiger partial charge on any atom is -0.396 e. The topological polar surface area (TPSA) is 105 Å². The minimum absolute atomic E-state index is 0.148. The molecule has 1 aromatic carbocycles. The van der Waals surface area contributed by atoms with Gasteiger partial charge in [0.05, 0.1) is 12.1 Å². The number of allylic oxidation sites excluding steroid dienone is 1. The monoisotopic (exact) mass is 498 g/mol. The first-order valence-corrected chi connectivity index (χ1v) is 12.5. The Balaban J connectivity index is 1.57. The van der Waals surface area contributed by atoms with E-state index in [0.717, 1.165) is 5.56 Å². The highest BCUT2D eigenvalue weighted by Crippen LogP contribution is 2.49. The summed E-state index contributed by atoms with van der Waals surface area (Å²) in [6, 6.07) is 16.5. The number of hydrogen-bond donors (Lipinski definition) is 2. The van der Waals surface area contributed by atoms with Crippen molar-refractivity contribution in [1.29, 1.82) is 0 Å². The van der Waals surface area contributed by atoms with E-state index in [1.807, 2.05) is 50.2 Å². The molecule has 37 heavy (non-hydrogen) atoms. The maximum atomic E-state index is 13.9. The van der Waals surface area contributed by atoms with Gasteiger partial charge in [-0.25, -0.2) is 0 Å². The first-order valence-electron chi connectivity index (χ1n) is 12.5. The number of nitrogens with one attached hydrogen (secondary N) is 1. The summed E-state index contributed by atoms with van der Waals surface area (Å²) in [6.07, 6.45) is 5.10. The molecule has 1 fully saturated rings. The Morgan fingerprint density at radius 1 is 1.14 bits per heavy atom. The molecule has 4 heterocycles. The summed E-state index contributed by atoms with van der Waals surface area (Å²) in [5.41, 5.74) is 2.22. The number of aromatic nitrogens is 2. The second kappa shape index (κ2) is 10.1. The van der Waals surface area contributed by atoms with Crippen LogP contribution in [0.5, 0.6) is 0 Å². The third-order valence-corrected chi connectivity index (χ3v) is 7.50. The maximum absolute atomic E-state index is 13.9. The molecule has 1 saturated heterocycles. The molecule has 0 aliphatic carbocycles. The summed E-state index contributed by atoms with van der Waals surface area (Å²) in [5.74, 6) is -1.59. The summed E-state index contributed by atoms with van der Waals surface area (Å²) >= 11 is 0. The summed E-state index contributed by atoms with van der Waals surface area (Å²) in [7, 11) is 0. The van der Waals surface area contributed by atoms with Crippen molar-refractivity contribution in [1.82, 2.24) is 19.8 Å². The van der Waals surface area contributed by atoms with E-state index in [1.165, 1.54) is 11.1 Å². The molecular formula is C29H30N4O4. The highest BCUT2D eigenvalue weighted by atomic mass is 16.3. The van der Waals surface area contributed by atoms with Gasteiger partial charge in [-0.2, -0.15) is 0 Å². The number of aliphatic hydroxyl groups is 1. The van der Waals surface area contributed by atoms with Crippen LogP contribution in [-0.4, -0.2) is 44.0 Å². The highest BCUT2D eigenvalue weighted by Gasteiger charge is 2.57. The minimum atomic E-state index is -0.917. The summed E-state index contributed by atoms with van der Waals surface area (Å²) in [6.45, 7) is 3.76. The second-order valence-corrected chi connectivity index (χ2v) is 9.60. The Labute approximate surface area is 215 Å². The Hall–Kier alpha value is -4.04. The summed E-state index contributed by atoms with van der Waals surface area (Å²) in [4.78, 5) is 46.6. The molecule has 0 bridgehead atoms. The van der Waals surface area contributed by atoms with E-state index >= 15 is 0 Å². The van der Waals surface area contributed by atoms with Crippen molar-refractivity contribution in [3.63, 3.8) is 0 Å². The molecule has 0 spiro atoms. The average Bonchev–Trinajstić information content (AvgIpc) is 3.46. The van der Waals surface area contributed by atoms with Crippen molar-refractivity contribution >= 4 is 17.9 Å². The Bertz CT molecular complexity index is 1390. The van der Waals surface area contributed by atoms with Gasteiger partial charge in [-0.3, -0.25) is 19.4 Å². The van der Waals surface area contributed by atoms with Gasteiger partial charge in [0.2, 0.25) is 5.91 Å². The van der Waals surface area contributed by atoms with Gasteiger partial charge >= 0.3 is 0 Å². The summed E-state index contributed by atoms with van der Waals surface area (Å²) in [5, 5.41) is 13.6. The zero-order valence-corrected chi connectivity index (χ0v) is 20.8. The molecule has 8 nitrogen and oxygen atoms in total. The molecule has 190 valence electrons. The van der Waals surface area contributed by atoms with Crippen LogP contribution >= 0.6 is 0 Å². The van der Waals surface area contributed by atoms with Crippen molar-refractivity contribution in [3.8, 4) is 0 Å². The van der Waals surface area contributed by atoms with Gasteiger partial charge < -0.3 is 19.9 Å². The smallest absolute Gasteiger partial charge is 0.273 e. The van der Waals surface area contributed by atoms with Crippen LogP contribution < -0.4 is 10.9 Å². The number of pyridine rings is 2. The van der Waals surface area contributed by atoms with Gasteiger partial charge in [-0.1, -0.05) is 48.6 Å². The molecule has 2 aliphatic rings. The maximum Gasteiger partial charge on any atom is 0.273 e. The number of hydrogen-bond acceptors (Lipinski definition) is 5. The van der Waals surface area contributed by atoms with E-state index in [0.29, 0.717) is 17.8 Å². The number of benzene rings is 1. The lowest BCUT2D eigenvalue weighted by molar-refractivity contribution is -0.127. The lowest BCUT2D eigenvalue weighted by atomic mass is 9.88. The number of nitrogens with zero attached hydrogens (tertiary/aromatic N) is 3. The van der Waals surface area contributed by atoms with Crippen LogP contribution in [0.25, 0.3) is 6.08 Å². The van der Waals surface area contributed by atoms with Crippen LogP contribution in [0.4, 0.5) is 0 Å². The third-order valence-electron chi connectivity index (χ3n) is 7.50. The first-order chi connectivity index (χ1) is 18.0. The SMILES string of the molecule is C/C=C\c1ccc2n(c1=O)C[C@@H]1[C@@H](CO)[C@H](C(=O)N[C@H](C)c3ccccc3)N(C(=O)c3ccccn3)[C@H]21. The fourth-order valence-electron chi connectivity index (χ4n) is 5.78. The van der Waals surface area contributed by atoms with Crippen LogP contribution in [-0.2, 0) is 11.3 Å². The molecule has 2 amide bonds. The zero-order valence-electron chi connectivity index (χ0n) is 20.8. The van der Waals surface area contributed by atoms with Gasteiger partial charge in [0.15, 0.2) is 0 Å². The van der Waals surface area contributed by atoms with Crippen LogP contribution in [0.3, 0.4) is 0 Å². The Morgan fingerprint density at radius 3 is 2.57 bits per heavy atom. The molecular weight excluding hydrogens is 468 g/mol. The number of fused-ring (bicyclic) bond motifs is 3. The van der Waals surface area contributed by atoms with Crippen LogP contribution in [0, 0.1) is 11.8 Å². The molecule has 8 heteroatoms. The van der Waals surface area contributed by atoms with Gasteiger partial charge in [-0.15, -0.1) is 0 Å². The molecule has 5 rings (SSSR count). The fraction of sp³-hybridized carbons (Fsp3) is 0.310. The number of carbonyl (C=O) groups excluding carboxylic acids is 2. The molecule has 2 aromatic heterocycles. The molecule has 0 radical (unpaired) electrons. The lowest BCUT2D eigenvalue weighted by Gasteiger charge is -2.31. The van der Waals surface area contributed by atoms with Crippen LogP contribution in [0.2, 0.25) is 0 Å². The van der Waals surface area contributed by atoms with Gasteiger partial charge in [0.25, 0.3) is 11.5 Å². The van der Waals surface area contributed by atoms with Crippen LogP contribution in [0.15, 0.2) is 77.7 Å². The van der Waals surface area contributed by atoms with Gasteiger partial charge in [0.1, 0.15) is 11.7 Å². The largest absolute Gasteiger partial charge is 0.396 e. The van der Waals surface area contributed by atoms with E-state index in [9.17, 15) is 19.5 Å². The number of amides is 2. The van der Waals surface area contributed by atoms with Crippen molar-refractivity contribution < 1.29 is 14.7 Å². The first kappa shape index (κ1) is 24.6. The molecule has 0 unspecified atom stereocenters. The molecule has 0 saturated carbocycles. The van der Waals surface area contributed by atoms with Crippen molar-refractivity contribution in [2.45, 2.75) is 38.5 Å². The lowest BCUT2D eigenvalue weighted by Crippen LogP contribution is -2.51. The van der Waals surface area contributed by atoms with E-state index < -0.39 is 23.9 Å². The van der Waals surface area contributed by atoms with Crippen molar-refractivity contribution in [3.05, 3.63) is 106 Å². The van der Waals surface area contributed by atoms with Crippen LogP contribution in [0.1, 0.15) is 53.2 Å². The molecule has 2 N–H and O–H groups in total. The molecule has 2 aliphatic heterocycles. The predicted molar refractivity (Wildman–Crippen MR) is 139 cm³/mol. The fourth-order valence-corrected chi connectivity index (χ4v) is 5.78. The second-order valence-electron chi connectivity index (χ2n) is 9.60. The highest BCUT2D eigenvalue weighted by molar-refractivity contribution is 5.97. The number of rotatable bonds is 6. The van der Waals surface area contributed by atoms with E-state index in [-0.39, 0.29) is 35.7 Å². The van der Waals surface area contributed by atoms with Crippen molar-refractivity contribution in [2.24, 2.45) is 11.8 Å². The molecule has 3 aromatic rings. The van der Waals surface area contributed by atoms with E-state index in [1.54, 1.807) is 41.0 Å². The third kappa shape index (κ3) is 4.27. The number of likely N-dealkylation sites (tertiary alicyclic amines) is 1. The average molecular weight is 499 g/mol. The normalized spacial score (nSPS) is 23.1. The summed E-state index contributed by atoms with van der Waals surface area (Å²) < 4.78 is 1.67. The standard InChI is InChI=1S/C29H30N4O4/c1-3-9-20-13-14-24-25-21(16-32(24)28(20)36)22(17-34)26(33(25)29(37)23-12-7-8-15-30-23)27(35)31-18(2)19-10-5-4-6-11-19/h3-15,18,21-22,25-26,34H,16-17H2,1-2H3,(H,31,35)/b9-3-/t18-,21-,22-,25+,26-/m1/s1. The Kier molecular flexibility index (Phi) is 6.76. The quantitative estimate of drug-likeness (QED) is 0.544. The van der Waals surface area contributed by atoms with E-state index in [4.69, 9.17) is 0 Å². The van der Waals surface area contributed by atoms with Crippen molar-refractivity contribution in [2.75, 3.05) is 6.61 Å². The Morgan fingerprint density at radius 2 is 1.89 bits per heavy atom.